The summed E-state index contributed by atoms with van der Waals surface area (Å²) in [5.41, 5.74) is 2.26. The van der Waals surface area contributed by atoms with Crippen molar-refractivity contribution in [2.45, 2.75) is 19.6 Å². The maximum atomic E-state index is 11.1. The van der Waals surface area contributed by atoms with Crippen LogP contribution in [0.15, 0.2) is 18.2 Å². The first-order chi connectivity index (χ1) is 8.90. The van der Waals surface area contributed by atoms with Crippen molar-refractivity contribution in [3.8, 4) is 0 Å². The number of aliphatic hydroxyl groups excluding tert-OH is 1. The normalized spacial score (nSPS) is 12.2. The van der Waals surface area contributed by atoms with Gasteiger partial charge in [0.25, 0.3) is 0 Å². The fraction of sp³-hybridized carbons (Fsp3) is 0.417. The molecule has 0 aliphatic rings. The second kappa shape index (κ2) is 5.48. The van der Waals surface area contributed by atoms with Crippen LogP contribution in [0.5, 0.6) is 0 Å². The fourth-order valence-electron chi connectivity index (χ4n) is 2.05. The van der Waals surface area contributed by atoms with Gasteiger partial charge in [0.15, 0.2) is 0 Å². The van der Waals surface area contributed by atoms with E-state index in [-0.39, 0.29) is 12.4 Å². The first-order valence-corrected chi connectivity index (χ1v) is 8.28. The van der Waals surface area contributed by atoms with Gasteiger partial charge in [-0.05, 0) is 24.6 Å². The van der Waals surface area contributed by atoms with E-state index in [1.807, 2.05) is 10.6 Å². The van der Waals surface area contributed by atoms with Gasteiger partial charge in [-0.15, -0.1) is 0 Å². The Balaban J connectivity index is 2.30. The molecule has 5 nitrogen and oxygen atoms in total. The summed E-state index contributed by atoms with van der Waals surface area (Å²) in [7, 11) is -2.97. The lowest BCUT2D eigenvalue weighted by Crippen LogP contribution is -2.09. The molecule has 0 saturated heterocycles. The molecular formula is C12H15ClN2O3S. The summed E-state index contributed by atoms with van der Waals surface area (Å²) in [6, 6.07) is 5.27. The van der Waals surface area contributed by atoms with E-state index in [9.17, 15) is 13.5 Å². The number of hydrogen-bond donors (Lipinski definition) is 1. The molecule has 0 bridgehead atoms. The molecule has 0 aliphatic carbocycles. The Morgan fingerprint density at radius 2 is 2.16 bits per heavy atom. The second-order valence-corrected chi connectivity index (χ2v) is 7.11. The van der Waals surface area contributed by atoms with Gasteiger partial charge in [0.2, 0.25) is 0 Å². The van der Waals surface area contributed by atoms with E-state index in [1.54, 1.807) is 12.1 Å². The standard InChI is InChI=1S/C12H15ClN2O3S/c1-19(17,18)6-2-5-15-9(8-16)7-10-11(15)3-4-12(13)14-10/h3-4,7,16H,2,5-6,8H2,1H3. The molecule has 7 heteroatoms. The summed E-state index contributed by atoms with van der Waals surface area (Å²) in [5.74, 6) is 0.124. The highest BCUT2D eigenvalue weighted by molar-refractivity contribution is 7.90. The van der Waals surface area contributed by atoms with Gasteiger partial charge < -0.3 is 9.67 Å². The van der Waals surface area contributed by atoms with Crippen LogP contribution in [0, 0.1) is 0 Å². The highest BCUT2D eigenvalue weighted by atomic mass is 35.5. The highest BCUT2D eigenvalue weighted by Gasteiger charge is 2.10. The molecule has 19 heavy (non-hydrogen) atoms. The summed E-state index contributed by atoms with van der Waals surface area (Å²) in [6.07, 6.45) is 1.72. The number of sulfone groups is 1. The quantitative estimate of drug-likeness (QED) is 0.852. The van der Waals surface area contributed by atoms with Crippen molar-refractivity contribution in [1.82, 2.24) is 9.55 Å². The van der Waals surface area contributed by atoms with Crippen LogP contribution in [0.3, 0.4) is 0 Å². The van der Waals surface area contributed by atoms with Crippen molar-refractivity contribution >= 4 is 32.5 Å². The van der Waals surface area contributed by atoms with E-state index in [1.165, 1.54) is 6.26 Å². The molecule has 1 N–H and O–H groups in total. The van der Waals surface area contributed by atoms with Crippen molar-refractivity contribution < 1.29 is 13.5 Å². The van der Waals surface area contributed by atoms with Crippen LogP contribution >= 0.6 is 11.6 Å². The first kappa shape index (κ1) is 14.3. The number of pyridine rings is 1. The topological polar surface area (TPSA) is 72.2 Å². The van der Waals surface area contributed by atoms with Crippen molar-refractivity contribution in [1.29, 1.82) is 0 Å². The lowest BCUT2D eigenvalue weighted by molar-refractivity contribution is 0.271. The third kappa shape index (κ3) is 3.46. The number of rotatable bonds is 5. The Kier molecular flexibility index (Phi) is 4.13. The maximum Gasteiger partial charge on any atom is 0.147 e. The number of hydrogen-bond acceptors (Lipinski definition) is 4. The molecule has 0 fully saturated rings. The van der Waals surface area contributed by atoms with Gasteiger partial charge in [0, 0.05) is 18.5 Å². The van der Waals surface area contributed by atoms with E-state index >= 15 is 0 Å². The summed E-state index contributed by atoms with van der Waals surface area (Å²) in [5, 5.41) is 9.74. The van der Waals surface area contributed by atoms with Crippen LogP contribution < -0.4 is 0 Å². The van der Waals surface area contributed by atoms with Gasteiger partial charge in [-0.1, -0.05) is 11.6 Å². The molecule has 2 aromatic heterocycles. The number of halogens is 1. The predicted octanol–water partition coefficient (Wildman–Crippen LogP) is 1.62. The molecule has 2 aromatic rings. The monoisotopic (exact) mass is 302 g/mol. The summed E-state index contributed by atoms with van der Waals surface area (Å²) >= 11 is 5.83. The molecule has 104 valence electrons. The van der Waals surface area contributed by atoms with Crippen molar-refractivity contribution in [2.24, 2.45) is 0 Å². The van der Waals surface area contributed by atoms with E-state index in [4.69, 9.17) is 11.6 Å². The summed E-state index contributed by atoms with van der Waals surface area (Å²) < 4.78 is 24.1. The minimum absolute atomic E-state index is 0.118. The van der Waals surface area contributed by atoms with Gasteiger partial charge >= 0.3 is 0 Å². The Hall–Kier alpha value is -1.11. The first-order valence-electron chi connectivity index (χ1n) is 5.84. The Bertz CT molecular complexity index is 694. The predicted molar refractivity (Wildman–Crippen MR) is 75.0 cm³/mol. The molecule has 0 amide bonds. The fourth-order valence-corrected chi connectivity index (χ4v) is 2.86. The zero-order valence-electron chi connectivity index (χ0n) is 10.5. The van der Waals surface area contributed by atoms with E-state index in [0.717, 1.165) is 5.52 Å². The van der Waals surface area contributed by atoms with Crippen LogP contribution in [-0.2, 0) is 23.0 Å². The minimum Gasteiger partial charge on any atom is -0.390 e. The summed E-state index contributed by atoms with van der Waals surface area (Å²) in [4.78, 5) is 4.18. The number of aliphatic hydroxyl groups is 1. The Morgan fingerprint density at radius 3 is 2.79 bits per heavy atom. The largest absolute Gasteiger partial charge is 0.390 e. The third-order valence-electron chi connectivity index (χ3n) is 2.87. The smallest absolute Gasteiger partial charge is 0.147 e. The number of aromatic nitrogens is 2. The molecule has 0 atom stereocenters. The minimum atomic E-state index is -2.97. The van der Waals surface area contributed by atoms with E-state index in [2.05, 4.69) is 4.98 Å². The van der Waals surface area contributed by atoms with Gasteiger partial charge in [-0.3, -0.25) is 0 Å². The molecule has 0 unspecified atom stereocenters. The molecule has 0 aliphatic heterocycles. The lowest BCUT2D eigenvalue weighted by Gasteiger charge is -2.08. The van der Waals surface area contributed by atoms with Gasteiger partial charge in [0.1, 0.15) is 15.0 Å². The van der Waals surface area contributed by atoms with Crippen LogP contribution in [0.25, 0.3) is 11.0 Å². The van der Waals surface area contributed by atoms with Crippen LogP contribution in [0.4, 0.5) is 0 Å². The second-order valence-electron chi connectivity index (χ2n) is 4.47. The van der Waals surface area contributed by atoms with Gasteiger partial charge in [-0.25, -0.2) is 13.4 Å². The molecule has 0 spiro atoms. The zero-order valence-corrected chi connectivity index (χ0v) is 12.1. The number of nitrogens with zero attached hydrogens (tertiary/aromatic N) is 2. The van der Waals surface area contributed by atoms with E-state index in [0.29, 0.717) is 29.3 Å². The van der Waals surface area contributed by atoms with E-state index < -0.39 is 9.84 Å². The third-order valence-corrected chi connectivity index (χ3v) is 4.11. The molecule has 2 rings (SSSR count). The Morgan fingerprint density at radius 1 is 1.42 bits per heavy atom. The van der Waals surface area contributed by atoms with Gasteiger partial charge in [0.05, 0.1) is 23.4 Å². The molecular weight excluding hydrogens is 288 g/mol. The van der Waals surface area contributed by atoms with Crippen molar-refractivity contribution in [3.63, 3.8) is 0 Å². The molecule has 0 aromatic carbocycles. The van der Waals surface area contributed by atoms with Crippen LogP contribution in [0.1, 0.15) is 12.1 Å². The molecule has 0 saturated carbocycles. The van der Waals surface area contributed by atoms with Crippen molar-refractivity contribution in [2.75, 3.05) is 12.0 Å². The van der Waals surface area contributed by atoms with Crippen molar-refractivity contribution in [3.05, 3.63) is 29.0 Å². The zero-order chi connectivity index (χ0) is 14.0. The summed E-state index contributed by atoms with van der Waals surface area (Å²) in [6.45, 7) is 0.405. The van der Waals surface area contributed by atoms with Gasteiger partial charge in [-0.2, -0.15) is 0 Å². The average Bonchev–Trinajstić information content (AvgIpc) is 2.65. The maximum absolute atomic E-state index is 11.1. The Labute approximate surface area is 116 Å². The lowest BCUT2D eigenvalue weighted by atomic mass is 10.4. The molecule has 2 heterocycles. The number of fused-ring (bicyclic) bond motifs is 1. The highest BCUT2D eigenvalue weighted by Crippen LogP contribution is 2.21. The average molecular weight is 303 g/mol. The van der Waals surface area contributed by atoms with Crippen LogP contribution in [-0.4, -0.2) is 35.1 Å². The SMILES string of the molecule is CS(=O)(=O)CCCn1c(CO)cc2nc(Cl)ccc21. The van der Waals surface area contributed by atoms with Crippen LogP contribution in [0.2, 0.25) is 5.15 Å². The molecule has 0 radical (unpaired) electrons. The number of aryl methyl sites for hydroxylation is 1.